The van der Waals surface area contributed by atoms with Crippen LogP contribution in [0.3, 0.4) is 0 Å². The summed E-state index contributed by atoms with van der Waals surface area (Å²) in [6.45, 7) is 9.47. The topological polar surface area (TPSA) is 49.8 Å². The van der Waals surface area contributed by atoms with Crippen LogP contribution < -0.4 is 4.74 Å². The molecule has 0 unspecified atom stereocenters. The van der Waals surface area contributed by atoms with Crippen molar-refractivity contribution < 1.29 is 14.6 Å². The molecule has 0 heterocycles. The zero-order chi connectivity index (χ0) is 15.2. The molecule has 1 N–H and O–H groups in total. The van der Waals surface area contributed by atoms with Crippen molar-refractivity contribution in [3.8, 4) is 5.75 Å². The maximum absolute atomic E-state index is 10.9. The van der Waals surface area contributed by atoms with Crippen molar-refractivity contribution in [2.45, 2.75) is 39.7 Å². The normalized spacial score (nSPS) is 11.7. The molecule has 0 fully saturated rings. The fourth-order valence-corrected chi connectivity index (χ4v) is 1.97. The fraction of sp³-hybridized carbons (Fsp3) is 0.562. The second kappa shape index (κ2) is 7.29. The number of hydrogen-bond acceptors (Lipinski definition) is 3. The van der Waals surface area contributed by atoms with Crippen molar-refractivity contribution in [2.24, 2.45) is 0 Å². The Morgan fingerprint density at radius 1 is 1.35 bits per heavy atom. The maximum atomic E-state index is 10.9. The van der Waals surface area contributed by atoms with E-state index in [1.165, 1.54) is 5.56 Å². The Balaban J connectivity index is 2.39. The number of aliphatic carboxylic acids is 1. The van der Waals surface area contributed by atoms with Crippen molar-refractivity contribution in [3.05, 3.63) is 29.8 Å². The molecule has 4 nitrogen and oxygen atoms in total. The van der Waals surface area contributed by atoms with E-state index in [4.69, 9.17) is 9.84 Å². The van der Waals surface area contributed by atoms with E-state index in [2.05, 4.69) is 0 Å². The number of carboxylic acids is 1. The number of carboxylic acid groups (broad SMARTS) is 1. The second-order valence-corrected chi connectivity index (χ2v) is 6.00. The van der Waals surface area contributed by atoms with Gasteiger partial charge in [0.15, 0.2) is 0 Å². The molecule has 0 aliphatic carbocycles. The molecule has 4 heteroatoms. The van der Waals surface area contributed by atoms with E-state index in [-0.39, 0.29) is 12.1 Å². The molecule has 1 rings (SSSR count). The molecular formula is C16H25NO3. The molecule has 0 bridgehead atoms. The minimum absolute atomic E-state index is 0.0634. The van der Waals surface area contributed by atoms with Crippen LogP contribution in [0, 0.1) is 6.92 Å². The number of rotatable bonds is 7. The third-order valence-corrected chi connectivity index (χ3v) is 3.11. The van der Waals surface area contributed by atoms with Crippen LogP contribution in [-0.4, -0.2) is 41.2 Å². The van der Waals surface area contributed by atoms with Crippen molar-refractivity contribution >= 4 is 5.97 Å². The molecule has 0 aliphatic heterocycles. The lowest BCUT2D eigenvalue weighted by molar-refractivity contribution is -0.139. The zero-order valence-corrected chi connectivity index (χ0v) is 12.8. The molecule has 0 aliphatic rings. The van der Waals surface area contributed by atoms with Gasteiger partial charge in [0, 0.05) is 12.1 Å². The average Bonchev–Trinajstić information content (AvgIpc) is 2.31. The monoisotopic (exact) mass is 279 g/mol. The van der Waals surface area contributed by atoms with Gasteiger partial charge >= 0.3 is 5.97 Å². The lowest BCUT2D eigenvalue weighted by Crippen LogP contribution is -2.45. The van der Waals surface area contributed by atoms with E-state index in [1.807, 2.05) is 56.9 Å². The largest absolute Gasteiger partial charge is 0.494 e. The van der Waals surface area contributed by atoms with E-state index in [0.717, 1.165) is 12.2 Å². The lowest BCUT2D eigenvalue weighted by Gasteiger charge is -2.34. The first-order valence-electron chi connectivity index (χ1n) is 6.95. The molecule has 0 aromatic heterocycles. The number of aryl methyl sites for hydroxylation is 1. The van der Waals surface area contributed by atoms with Crippen molar-refractivity contribution in [1.82, 2.24) is 4.90 Å². The van der Waals surface area contributed by atoms with Crippen molar-refractivity contribution in [3.63, 3.8) is 0 Å². The standard InChI is InChI=1S/C16H25NO3/c1-13-7-5-8-14(11-13)20-10-6-9-17(12-15(18)19)16(2,3)4/h5,7-8,11H,6,9-10,12H2,1-4H3,(H,18,19). The van der Waals surface area contributed by atoms with Gasteiger partial charge in [-0.3, -0.25) is 9.69 Å². The number of benzene rings is 1. The van der Waals surface area contributed by atoms with Gasteiger partial charge in [-0.25, -0.2) is 0 Å². The Morgan fingerprint density at radius 2 is 2.05 bits per heavy atom. The predicted octanol–water partition coefficient (Wildman–Crippen LogP) is 2.95. The first-order chi connectivity index (χ1) is 9.29. The quantitative estimate of drug-likeness (QED) is 0.780. The highest BCUT2D eigenvalue weighted by molar-refractivity contribution is 5.69. The summed E-state index contributed by atoms with van der Waals surface area (Å²) < 4.78 is 5.68. The summed E-state index contributed by atoms with van der Waals surface area (Å²) in [5.41, 5.74) is 1.02. The van der Waals surface area contributed by atoms with Gasteiger partial charge in [0.2, 0.25) is 0 Å². The van der Waals surface area contributed by atoms with Crippen molar-refractivity contribution in [2.75, 3.05) is 19.7 Å². The first-order valence-corrected chi connectivity index (χ1v) is 6.95. The summed E-state index contributed by atoms with van der Waals surface area (Å²) in [6.07, 6.45) is 0.804. The van der Waals surface area contributed by atoms with E-state index in [0.29, 0.717) is 13.2 Å². The summed E-state index contributed by atoms with van der Waals surface area (Å²) >= 11 is 0. The van der Waals surface area contributed by atoms with Crippen LogP contribution in [0.4, 0.5) is 0 Å². The molecule has 1 aromatic carbocycles. The fourth-order valence-electron chi connectivity index (χ4n) is 1.97. The van der Waals surface area contributed by atoms with Gasteiger partial charge in [-0.2, -0.15) is 0 Å². The lowest BCUT2D eigenvalue weighted by atomic mass is 10.1. The van der Waals surface area contributed by atoms with E-state index in [9.17, 15) is 4.79 Å². The van der Waals surface area contributed by atoms with Gasteiger partial charge in [-0.1, -0.05) is 12.1 Å². The number of hydrogen-bond donors (Lipinski definition) is 1. The summed E-state index contributed by atoms with van der Waals surface area (Å²) in [5.74, 6) is 0.0741. The van der Waals surface area contributed by atoms with Crippen LogP contribution in [0.15, 0.2) is 24.3 Å². The smallest absolute Gasteiger partial charge is 0.317 e. The minimum atomic E-state index is -0.792. The molecular weight excluding hydrogens is 254 g/mol. The Labute approximate surface area is 121 Å². The molecule has 0 radical (unpaired) electrons. The predicted molar refractivity (Wildman–Crippen MR) is 80.3 cm³/mol. The van der Waals surface area contributed by atoms with Gasteiger partial charge in [-0.05, 0) is 51.8 Å². The van der Waals surface area contributed by atoms with Crippen LogP contribution in [0.25, 0.3) is 0 Å². The second-order valence-electron chi connectivity index (χ2n) is 6.00. The van der Waals surface area contributed by atoms with Crippen LogP contribution in [0.2, 0.25) is 0 Å². The summed E-state index contributed by atoms with van der Waals surface area (Å²) in [7, 11) is 0. The molecule has 0 atom stereocenters. The van der Waals surface area contributed by atoms with Crippen LogP contribution >= 0.6 is 0 Å². The highest BCUT2D eigenvalue weighted by Crippen LogP contribution is 2.15. The van der Waals surface area contributed by atoms with E-state index >= 15 is 0 Å². The maximum Gasteiger partial charge on any atom is 0.317 e. The summed E-state index contributed by atoms with van der Waals surface area (Å²) in [6, 6.07) is 7.93. The van der Waals surface area contributed by atoms with Gasteiger partial charge in [0.1, 0.15) is 5.75 Å². The third kappa shape index (κ3) is 6.06. The molecule has 20 heavy (non-hydrogen) atoms. The molecule has 1 aromatic rings. The number of ether oxygens (including phenoxy) is 1. The van der Waals surface area contributed by atoms with Gasteiger partial charge in [0.05, 0.1) is 13.2 Å². The van der Waals surface area contributed by atoms with Crippen LogP contribution in [0.5, 0.6) is 5.75 Å². The van der Waals surface area contributed by atoms with Gasteiger partial charge < -0.3 is 9.84 Å². The van der Waals surface area contributed by atoms with E-state index < -0.39 is 5.97 Å². The van der Waals surface area contributed by atoms with E-state index in [1.54, 1.807) is 0 Å². The summed E-state index contributed by atoms with van der Waals surface area (Å²) in [5, 5.41) is 8.94. The molecule has 0 spiro atoms. The Hall–Kier alpha value is -1.55. The van der Waals surface area contributed by atoms with Crippen LogP contribution in [-0.2, 0) is 4.79 Å². The highest BCUT2D eigenvalue weighted by Gasteiger charge is 2.22. The zero-order valence-electron chi connectivity index (χ0n) is 12.8. The number of carbonyl (C=O) groups is 1. The van der Waals surface area contributed by atoms with Gasteiger partial charge in [-0.15, -0.1) is 0 Å². The summed E-state index contributed by atoms with van der Waals surface area (Å²) in [4.78, 5) is 12.8. The SMILES string of the molecule is Cc1cccc(OCCCN(CC(=O)O)C(C)(C)C)c1. The Morgan fingerprint density at radius 3 is 2.60 bits per heavy atom. The van der Waals surface area contributed by atoms with Crippen molar-refractivity contribution in [1.29, 1.82) is 0 Å². The molecule has 0 saturated heterocycles. The first kappa shape index (κ1) is 16.5. The number of nitrogens with zero attached hydrogens (tertiary/aromatic N) is 1. The molecule has 112 valence electrons. The van der Waals surface area contributed by atoms with Crippen LogP contribution in [0.1, 0.15) is 32.8 Å². The Kier molecular flexibility index (Phi) is 6.02. The highest BCUT2D eigenvalue weighted by atomic mass is 16.5. The Bertz CT molecular complexity index is 438. The molecule has 0 saturated carbocycles. The minimum Gasteiger partial charge on any atom is -0.494 e. The molecule has 0 amide bonds. The average molecular weight is 279 g/mol. The third-order valence-electron chi connectivity index (χ3n) is 3.11. The van der Waals surface area contributed by atoms with Gasteiger partial charge in [0.25, 0.3) is 0 Å².